The summed E-state index contributed by atoms with van der Waals surface area (Å²) in [6.45, 7) is 2.11. The molecule has 0 bridgehead atoms. The van der Waals surface area contributed by atoms with Gasteiger partial charge in [-0.15, -0.1) is 0 Å². The molecule has 0 amide bonds. The molecule has 0 radical (unpaired) electrons. The second-order valence-corrected chi connectivity index (χ2v) is 7.02. The summed E-state index contributed by atoms with van der Waals surface area (Å²) in [5, 5.41) is 3.30. The maximum absolute atomic E-state index is 11.3. The Labute approximate surface area is 108 Å². The third-order valence-electron chi connectivity index (χ3n) is 3.14. The Hall–Kier alpha value is -1.17. The van der Waals surface area contributed by atoms with Crippen LogP contribution in [0.1, 0.15) is 31.9 Å². The highest BCUT2D eigenvalue weighted by Gasteiger charge is 2.23. The Kier molecular flexibility index (Phi) is 4.16. The van der Waals surface area contributed by atoms with Gasteiger partial charge < -0.3 is 5.32 Å². The number of nitrogens with one attached hydrogen (secondary N) is 1. The minimum Gasteiger partial charge on any atom is -0.367 e. The predicted octanol–water partition coefficient (Wildman–Crippen LogP) is 1.42. The average molecular weight is 269 g/mol. The van der Waals surface area contributed by atoms with Gasteiger partial charge in [0.25, 0.3) is 0 Å². The fraction of sp³-hybridized carbons (Fsp3) is 0.667. The quantitative estimate of drug-likeness (QED) is 0.895. The van der Waals surface area contributed by atoms with E-state index in [4.69, 9.17) is 0 Å². The van der Waals surface area contributed by atoms with Gasteiger partial charge in [0.1, 0.15) is 22.0 Å². The van der Waals surface area contributed by atoms with E-state index in [9.17, 15) is 8.42 Å². The lowest BCUT2D eigenvalue weighted by Crippen LogP contribution is -2.32. The second-order valence-electron chi connectivity index (χ2n) is 4.72. The van der Waals surface area contributed by atoms with Crippen molar-refractivity contribution in [3.63, 3.8) is 0 Å². The summed E-state index contributed by atoms with van der Waals surface area (Å²) >= 11 is 0. The van der Waals surface area contributed by atoms with Gasteiger partial charge in [-0.25, -0.2) is 18.4 Å². The number of nitrogens with zero attached hydrogens (tertiary/aromatic N) is 2. The van der Waals surface area contributed by atoms with Crippen LogP contribution in [0.15, 0.2) is 12.4 Å². The predicted molar refractivity (Wildman–Crippen MR) is 71.3 cm³/mol. The summed E-state index contributed by atoms with van der Waals surface area (Å²) in [5.74, 6) is 1.35. The molecule has 6 heteroatoms. The summed E-state index contributed by atoms with van der Waals surface area (Å²) in [4.78, 5) is 8.38. The van der Waals surface area contributed by atoms with Gasteiger partial charge in [0.15, 0.2) is 0 Å². The van der Waals surface area contributed by atoms with Crippen molar-refractivity contribution in [2.75, 3.05) is 16.8 Å². The Bertz CT molecular complexity index is 488. The van der Waals surface area contributed by atoms with Crippen LogP contribution in [-0.2, 0) is 16.3 Å². The second kappa shape index (κ2) is 5.65. The van der Waals surface area contributed by atoms with E-state index >= 15 is 0 Å². The molecule has 1 N–H and O–H groups in total. The van der Waals surface area contributed by atoms with Crippen molar-refractivity contribution < 1.29 is 8.42 Å². The fourth-order valence-electron chi connectivity index (χ4n) is 2.11. The first-order chi connectivity index (χ1) is 8.59. The lowest BCUT2D eigenvalue weighted by molar-refractivity contribution is 0.559. The Morgan fingerprint density at radius 1 is 1.33 bits per heavy atom. The normalized spacial score (nSPS) is 19.6. The van der Waals surface area contributed by atoms with Gasteiger partial charge in [-0.2, -0.15) is 0 Å². The molecule has 0 aromatic carbocycles. The first kappa shape index (κ1) is 13.3. The highest BCUT2D eigenvalue weighted by atomic mass is 32.2. The van der Waals surface area contributed by atoms with Crippen LogP contribution in [0.25, 0.3) is 0 Å². The summed E-state index contributed by atoms with van der Waals surface area (Å²) in [5.41, 5.74) is 1.03. The maximum atomic E-state index is 11.3. The van der Waals surface area contributed by atoms with Crippen LogP contribution < -0.4 is 5.32 Å². The van der Waals surface area contributed by atoms with Gasteiger partial charge in [-0.1, -0.05) is 13.3 Å². The molecule has 0 saturated carbocycles. The fourth-order valence-corrected chi connectivity index (χ4v) is 3.60. The van der Waals surface area contributed by atoms with Crippen LogP contribution in [0.4, 0.5) is 5.82 Å². The van der Waals surface area contributed by atoms with E-state index in [1.165, 1.54) is 0 Å². The number of hydrogen-bond acceptors (Lipinski definition) is 5. The van der Waals surface area contributed by atoms with E-state index in [-0.39, 0.29) is 17.5 Å². The van der Waals surface area contributed by atoms with Crippen LogP contribution in [0.2, 0.25) is 0 Å². The largest absolute Gasteiger partial charge is 0.367 e. The molecule has 0 aliphatic carbocycles. The molecule has 2 heterocycles. The van der Waals surface area contributed by atoms with Crippen molar-refractivity contribution in [3.8, 4) is 0 Å². The first-order valence-electron chi connectivity index (χ1n) is 6.37. The molecule has 1 aromatic heterocycles. The number of hydrogen-bond donors (Lipinski definition) is 1. The molecular formula is C12H19N3O2S. The molecule has 5 nitrogen and oxygen atoms in total. The maximum Gasteiger partial charge on any atom is 0.150 e. The number of aryl methyl sites for hydroxylation is 1. The summed E-state index contributed by atoms with van der Waals surface area (Å²) in [6, 6.07) is 2.16. The van der Waals surface area contributed by atoms with Gasteiger partial charge in [0.2, 0.25) is 0 Å². The number of sulfone groups is 1. The van der Waals surface area contributed by atoms with Gasteiger partial charge in [0, 0.05) is 17.8 Å². The molecule has 100 valence electrons. The highest BCUT2D eigenvalue weighted by molar-refractivity contribution is 7.91. The van der Waals surface area contributed by atoms with Crippen molar-refractivity contribution in [1.29, 1.82) is 0 Å². The molecule has 0 spiro atoms. The smallest absolute Gasteiger partial charge is 0.150 e. The molecule has 1 saturated heterocycles. The van der Waals surface area contributed by atoms with E-state index in [0.717, 1.165) is 24.4 Å². The van der Waals surface area contributed by atoms with Crippen molar-refractivity contribution in [2.24, 2.45) is 0 Å². The molecule has 2 rings (SSSR count). The van der Waals surface area contributed by atoms with Gasteiger partial charge in [-0.05, 0) is 19.3 Å². The van der Waals surface area contributed by atoms with Gasteiger partial charge in [0.05, 0.1) is 11.5 Å². The zero-order valence-electron chi connectivity index (χ0n) is 10.6. The summed E-state index contributed by atoms with van der Waals surface area (Å²) in [7, 11) is -2.80. The lowest BCUT2D eigenvalue weighted by Gasteiger charge is -2.23. The molecule has 1 aliphatic rings. The molecule has 1 aromatic rings. The zero-order valence-corrected chi connectivity index (χ0v) is 11.4. The number of aromatic nitrogens is 2. The number of anilines is 1. The van der Waals surface area contributed by atoms with E-state index in [2.05, 4.69) is 22.2 Å². The monoisotopic (exact) mass is 269 g/mol. The van der Waals surface area contributed by atoms with Crippen molar-refractivity contribution in [3.05, 3.63) is 18.1 Å². The Morgan fingerprint density at radius 3 is 2.72 bits per heavy atom. The topological polar surface area (TPSA) is 72.0 Å². The van der Waals surface area contributed by atoms with Gasteiger partial charge >= 0.3 is 0 Å². The average Bonchev–Trinajstić information content (AvgIpc) is 2.33. The molecule has 0 unspecified atom stereocenters. The van der Waals surface area contributed by atoms with Crippen LogP contribution in [0, 0.1) is 0 Å². The van der Waals surface area contributed by atoms with Crippen molar-refractivity contribution >= 4 is 15.7 Å². The van der Waals surface area contributed by atoms with E-state index < -0.39 is 9.84 Å². The minimum atomic E-state index is -2.80. The summed E-state index contributed by atoms with van der Waals surface area (Å²) < 4.78 is 22.7. The Morgan fingerprint density at radius 2 is 2.06 bits per heavy atom. The van der Waals surface area contributed by atoms with Crippen LogP contribution in [-0.4, -0.2) is 35.9 Å². The minimum absolute atomic E-state index is 0.206. The van der Waals surface area contributed by atoms with E-state index in [1.807, 2.05) is 6.07 Å². The molecule has 0 atom stereocenters. The van der Waals surface area contributed by atoms with Crippen LogP contribution >= 0.6 is 0 Å². The van der Waals surface area contributed by atoms with Crippen LogP contribution in [0.3, 0.4) is 0 Å². The zero-order chi connectivity index (χ0) is 13.0. The molecule has 18 heavy (non-hydrogen) atoms. The summed E-state index contributed by atoms with van der Waals surface area (Å²) in [6.07, 6.45) is 4.88. The number of rotatable bonds is 4. The van der Waals surface area contributed by atoms with E-state index in [1.54, 1.807) is 6.33 Å². The molecule has 1 aliphatic heterocycles. The third kappa shape index (κ3) is 3.66. The van der Waals surface area contributed by atoms with Crippen LogP contribution in [0.5, 0.6) is 0 Å². The highest BCUT2D eigenvalue weighted by Crippen LogP contribution is 2.16. The standard InChI is InChI=1S/C12H19N3O2S/c1-2-3-11-8-12(14-9-13-11)15-10-4-6-18(16,17)7-5-10/h8-10H,2-7H2,1H3,(H,13,14,15). The molecule has 1 fully saturated rings. The van der Waals surface area contributed by atoms with E-state index in [0.29, 0.717) is 12.8 Å². The third-order valence-corrected chi connectivity index (χ3v) is 4.85. The van der Waals surface area contributed by atoms with Gasteiger partial charge in [-0.3, -0.25) is 0 Å². The van der Waals surface area contributed by atoms with Crippen molar-refractivity contribution in [1.82, 2.24) is 9.97 Å². The van der Waals surface area contributed by atoms with Crippen molar-refractivity contribution in [2.45, 2.75) is 38.6 Å². The SMILES string of the molecule is CCCc1cc(NC2CCS(=O)(=O)CC2)ncn1. The lowest BCUT2D eigenvalue weighted by atomic mass is 10.1. The Balaban J connectivity index is 1.95. The molecular weight excluding hydrogens is 250 g/mol. The first-order valence-corrected chi connectivity index (χ1v) is 8.19.